The topological polar surface area (TPSA) is 37.3 Å². The van der Waals surface area contributed by atoms with Gasteiger partial charge in [0.05, 0.1) is 5.60 Å². The predicted molar refractivity (Wildman–Crippen MR) is 91.9 cm³/mol. The van der Waals surface area contributed by atoms with E-state index in [0.717, 1.165) is 48.9 Å². The van der Waals surface area contributed by atoms with Gasteiger partial charge in [0.1, 0.15) is 5.78 Å². The minimum absolute atomic E-state index is 0.375. The molecule has 0 aromatic carbocycles. The molecule has 1 N–H and O–H groups in total. The minimum atomic E-state index is -0.407. The summed E-state index contributed by atoms with van der Waals surface area (Å²) in [5, 5.41) is 10.5. The van der Waals surface area contributed by atoms with Gasteiger partial charge < -0.3 is 5.11 Å². The number of Topliss-reactive ketones (excluding diaryl/α,β-unsaturated/α-hetero) is 1. The predicted octanol–water partition coefficient (Wildman–Crippen LogP) is 4.60. The van der Waals surface area contributed by atoms with Gasteiger partial charge in [-0.25, -0.2) is 0 Å². The maximum absolute atomic E-state index is 12.1. The van der Waals surface area contributed by atoms with Crippen molar-refractivity contribution in [1.29, 1.82) is 0 Å². The second kappa shape index (κ2) is 5.86. The molecular formula is C21H34O2. The molecule has 4 fully saturated rings. The highest BCUT2D eigenvalue weighted by Gasteiger charge is 2.52. The molecule has 8 atom stereocenters. The second-order valence-electron chi connectivity index (χ2n) is 9.62. The van der Waals surface area contributed by atoms with Crippen molar-refractivity contribution in [2.75, 3.05) is 0 Å². The molecule has 0 amide bonds. The summed E-state index contributed by atoms with van der Waals surface area (Å²) in [5.41, 5.74) is -0.407. The Morgan fingerprint density at radius 2 is 1.52 bits per heavy atom. The lowest BCUT2D eigenvalue weighted by molar-refractivity contribution is -0.131. The lowest BCUT2D eigenvalue weighted by Gasteiger charge is -2.56. The zero-order valence-corrected chi connectivity index (χ0v) is 15.0. The van der Waals surface area contributed by atoms with Gasteiger partial charge >= 0.3 is 0 Å². The molecular weight excluding hydrogens is 284 g/mol. The lowest BCUT2D eigenvalue weighted by Crippen LogP contribution is -2.50. The number of carbonyl (C=O) groups excluding carboxylic acids is 1. The van der Waals surface area contributed by atoms with E-state index in [4.69, 9.17) is 0 Å². The standard InChI is InChI=1S/C21H34O2/c1-13(22)15-4-3-5-17-18(15)8-9-19-16-10-11-21(2,23)12-14(16)6-7-20(17)19/h14-20,23H,3-12H2,1-2H3/t14-,15+,16+,17-,18-,19-,20+,21-/m1/s1. The minimum Gasteiger partial charge on any atom is -0.390 e. The molecule has 130 valence electrons. The SMILES string of the molecule is CC(=O)[C@@H]1CCC[C@H]2[C@@H]3CC[C@@H]4C[C@](C)(O)CC[C@@H]4[C@H]3CC[C@@H]21. The van der Waals surface area contributed by atoms with E-state index in [2.05, 4.69) is 0 Å². The molecule has 0 radical (unpaired) electrons. The molecule has 2 nitrogen and oxygen atoms in total. The summed E-state index contributed by atoms with van der Waals surface area (Å²) in [6.07, 6.45) is 12.4. The van der Waals surface area contributed by atoms with Gasteiger partial charge in [0.25, 0.3) is 0 Å². The van der Waals surface area contributed by atoms with Crippen molar-refractivity contribution in [3.8, 4) is 0 Å². The quantitative estimate of drug-likeness (QED) is 0.767. The van der Waals surface area contributed by atoms with E-state index in [9.17, 15) is 9.90 Å². The third-order valence-corrected chi connectivity index (χ3v) is 8.32. The van der Waals surface area contributed by atoms with E-state index in [1.807, 2.05) is 13.8 Å². The zero-order valence-electron chi connectivity index (χ0n) is 15.0. The first-order valence-electron chi connectivity index (χ1n) is 10.2. The Hall–Kier alpha value is -0.370. The van der Waals surface area contributed by atoms with E-state index < -0.39 is 5.60 Å². The Morgan fingerprint density at radius 3 is 2.30 bits per heavy atom. The number of carbonyl (C=O) groups is 1. The van der Waals surface area contributed by atoms with E-state index in [1.54, 1.807) is 0 Å². The molecule has 0 aromatic rings. The Kier molecular flexibility index (Phi) is 4.11. The Morgan fingerprint density at radius 1 is 0.870 bits per heavy atom. The number of hydrogen-bond acceptors (Lipinski definition) is 2. The van der Waals surface area contributed by atoms with Crippen LogP contribution in [0, 0.1) is 41.4 Å². The monoisotopic (exact) mass is 318 g/mol. The molecule has 23 heavy (non-hydrogen) atoms. The van der Waals surface area contributed by atoms with Crippen LogP contribution in [0.4, 0.5) is 0 Å². The first-order chi connectivity index (χ1) is 11.0. The van der Waals surface area contributed by atoms with Gasteiger partial charge in [0.15, 0.2) is 0 Å². The van der Waals surface area contributed by atoms with Crippen molar-refractivity contribution < 1.29 is 9.90 Å². The van der Waals surface area contributed by atoms with Crippen LogP contribution in [0.25, 0.3) is 0 Å². The van der Waals surface area contributed by atoms with Crippen molar-refractivity contribution in [3.63, 3.8) is 0 Å². The van der Waals surface area contributed by atoms with Gasteiger partial charge in [-0.2, -0.15) is 0 Å². The number of rotatable bonds is 1. The van der Waals surface area contributed by atoms with Crippen molar-refractivity contribution >= 4 is 5.78 Å². The van der Waals surface area contributed by atoms with Crippen LogP contribution in [0.5, 0.6) is 0 Å². The van der Waals surface area contributed by atoms with Crippen LogP contribution in [-0.2, 0) is 4.79 Å². The fourth-order valence-corrected chi connectivity index (χ4v) is 7.45. The van der Waals surface area contributed by atoms with Crippen LogP contribution in [0.2, 0.25) is 0 Å². The summed E-state index contributed by atoms with van der Waals surface area (Å²) in [6, 6.07) is 0. The van der Waals surface area contributed by atoms with Gasteiger partial charge in [-0.15, -0.1) is 0 Å². The van der Waals surface area contributed by atoms with Gasteiger partial charge in [-0.05, 0) is 107 Å². The summed E-state index contributed by atoms with van der Waals surface area (Å²) < 4.78 is 0. The molecule has 0 unspecified atom stereocenters. The van der Waals surface area contributed by atoms with Crippen LogP contribution < -0.4 is 0 Å². The van der Waals surface area contributed by atoms with Crippen LogP contribution in [0.1, 0.15) is 78.1 Å². The molecule has 4 aliphatic rings. The molecule has 0 aromatic heterocycles. The van der Waals surface area contributed by atoms with Crippen LogP contribution >= 0.6 is 0 Å². The Balaban J connectivity index is 1.52. The summed E-state index contributed by atoms with van der Waals surface area (Å²) in [7, 11) is 0. The van der Waals surface area contributed by atoms with Crippen molar-refractivity contribution in [3.05, 3.63) is 0 Å². The van der Waals surface area contributed by atoms with Crippen molar-refractivity contribution in [2.45, 2.75) is 83.7 Å². The smallest absolute Gasteiger partial charge is 0.133 e. The van der Waals surface area contributed by atoms with Gasteiger partial charge in [-0.1, -0.05) is 6.42 Å². The second-order valence-corrected chi connectivity index (χ2v) is 9.62. The normalized spacial score (nSPS) is 52.9. The average molecular weight is 319 g/mol. The summed E-state index contributed by atoms with van der Waals surface area (Å²) in [5.74, 6) is 5.79. The first kappa shape index (κ1) is 16.1. The van der Waals surface area contributed by atoms with Crippen molar-refractivity contribution in [2.24, 2.45) is 41.4 Å². The van der Waals surface area contributed by atoms with Crippen LogP contribution in [0.15, 0.2) is 0 Å². The molecule has 0 bridgehead atoms. The fourth-order valence-electron chi connectivity index (χ4n) is 7.45. The number of fused-ring (bicyclic) bond motifs is 5. The number of ketones is 1. The van der Waals surface area contributed by atoms with Gasteiger partial charge in [0.2, 0.25) is 0 Å². The average Bonchev–Trinajstić information content (AvgIpc) is 2.52. The molecule has 4 aliphatic carbocycles. The third kappa shape index (κ3) is 2.79. The van der Waals surface area contributed by atoms with Gasteiger partial charge in [0, 0.05) is 5.92 Å². The van der Waals surface area contributed by atoms with Crippen LogP contribution in [-0.4, -0.2) is 16.5 Å². The van der Waals surface area contributed by atoms with Gasteiger partial charge in [-0.3, -0.25) is 4.79 Å². The molecule has 0 saturated heterocycles. The highest BCUT2D eigenvalue weighted by atomic mass is 16.3. The zero-order chi connectivity index (χ0) is 16.2. The highest BCUT2D eigenvalue weighted by Crippen LogP contribution is 2.58. The molecule has 4 rings (SSSR count). The number of aliphatic hydroxyl groups is 1. The molecule has 4 saturated carbocycles. The van der Waals surface area contributed by atoms with E-state index in [-0.39, 0.29) is 0 Å². The first-order valence-corrected chi connectivity index (χ1v) is 10.2. The van der Waals surface area contributed by atoms with E-state index >= 15 is 0 Å². The Bertz CT molecular complexity index is 468. The van der Waals surface area contributed by atoms with Crippen molar-refractivity contribution in [1.82, 2.24) is 0 Å². The maximum atomic E-state index is 12.1. The molecule has 0 aliphatic heterocycles. The lowest BCUT2D eigenvalue weighted by atomic mass is 9.49. The molecule has 0 spiro atoms. The molecule has 0 heterocycles. The molecule has 2 heteroatoms. The fraction of sp³-hybridized carbons (Fsp3) is 0.952. The summed E-state index contributed by atoms with van der Waals surface area (Å²) in [4.78, 5) is 12.1. The maximum Gasteiger partial charge on any atom is 0.133 e. The summed E-state index contributed by atoms with van der Waals surface area (Å²) >= 11 is 0. The third-order valence-electron chi connectivity index (χ3n) is 8.32. The Labute approximate surface area is 141 Å². The highest BCUT2D eigenvalue weighted by molar-refractivity contribution is 5.78. The number of hydrogen-bond donors (Lipinski definition) is 1. The van der Waals surface area contributed by atoms with E-state index in [1.165, 1.54) is 44.9 Å². The van der Waals surface area contributed by atoms with Crippen LogP contribution in [0.3, 0.4) is 0 Å². The van der Waals surface area contributed by atoms with E-state index in [0.29, 0.717) is 17.6 Å². The largest absolute Gasteiger partial charge is 0.390 e. The summed E-state index contributed by atoms with van der Waals surface area (Å²) in [6.45, 7) is 3.88.